The minimum absolute atomic E-state index is 0.147. The van der Waals surface area contributed by atoms with Crippen LogP contribution < -0.4 is 10.6 Å². The van der Waals surface area contributed by atoms with E-state index in [1.165, 1.54) is 13.2 Å². The van der Waals surface area contributed by atoms with Crippen molar-refractivity contribution in [3.63, 3.8) is 0 Å². The quantitative estimate of drug-likeness (QED) is 0.620. The van der Waals surface area contributed by atoms with E-state index in [2.05, 4.69) is 4.90 Å². The lowest BCUT2D eigenvalue weighted by molar-refractivity contribution is -0.146. The van der Waals surface area contributed by atoms with Crippen LogP contribution in [-0.2, 0) is 21.2 Å². The monoisotopic (exact) mass is 431 g/mol. The Morgan fingerprint density at radius 1 is 1.10 bits per heavy atom. The number of ether oxygens (including phenoxy) is 1. The number of nitrogens with two attached hydrogens (primary N) is 1. The number of carbonyl (C=O) groups is 1. The van der Waals surface area contributed by atoms with Crippen LogP contribution in [0.2, 0.25) is 0 Å². The smallest absolute Gasteiger partial charge is 0.416 e. The van der Waals surface area contributed by atoms with E-state index >= 15 is 0 Å². The summed E-state index contributed by atoms with van der Waals surface area (Å²) in [5, 5.41) is 0.474. The number of carbonyl (C=O) groups excluding carboxylic acids is 1. The Labute approximate surface area is 178 Å². The van der Waals surface area contributed by atoms with Gasteiger partial charge in [-0.05, 0) is 55.8 Å². The van der Waals surface area contributed by atoms with Gasteiger partial charge in [0.15, 0.2) is 0 Å². The third kappa shape index (κ3) is 3.87. The number of aromatic nitrogens is 1. The fraction of sp³-hybridized carbons (Fsp3) is 0.348. The molecule has 0 bridgehead atoms. The molecule has 31 heavy (non-hydrogen) atoms. The maximum atomic E-state index is 13.3. The molecular weight excluding hydrogens is 407 g/mol. The van der Waals surface area contributed by atoms with E-state index < -0.39 is 17.3 Å². The van der Waals surface area contributed by atoms with Crippen molar-refractivity contribution in [1.29, 1.82) is 0 Å². The molecule has 1 aliphatic heterocycles. The zero-order valence-corrected chi connectivity index (χ0v) is 17.5. The first-order chi connectivity index (χ1) is 14.5. The molecule has 0 atom stereocenters. The van der Waals surface area contributed by atoms with Gasteiger partial charge in [0.05, 0.1) is 24.1 Å². The molecule has 0 aliphatic carbocycles. The Hall–Kier alpha value is -3.00. The Morgan fingerprint density at radius 2 is 1.77 bits per heavy atom. The number of halogens is 3. The highest BCUT2D eigenvalue weighted by molar-refractivity contribution is 5.87. The van der Waals surface area contributed by atoms with Gasteiger partial charge in [-0.1, -0.05) is 6.07 Å². The predicted molar refractivity (Wildman–Crippen MR) is 113 cm³/mol. The zero-order chi connectivity index (χ0) is 22.6. The number of anilines is 1. The molecule has 1 saturated heterocycles. The topological polar surface area (TPSA) is 60.5 Å². The summed E-state index contributed by atoms with van der Waals surface area (Å²) in [6.45, 7) is 4.68. The van der Waals surface area contributed by atoms with Crippen LogP contribution in [0.3, 0.4) is 0 Å². The molecule has 1 fully saturated rings. The first-order valence-electron chi connectivity index (χ1n) is 9.94. The maximum Gasteiger partial charge on any atom is 0.416 e. The predicted octanol–water partition coefficient (Wildman–Crippen LogP) is 4.45. The van der Waals surface area contributed by atoms with Gasteiger partial charge in [0.25, 0.3) is 0 Å². The van der Waals surface area contributed by atoms with Crippen LogP contribution in [-0.4, -0.2) is 30.7 Å². The molecule has 0 saturated carbocycles. The van der Waals surface area contributed by atoms with E-state index in [1.54, 1.807) is 20.0 Å². The fourth-order valence-electron chi connectivity index (χ4n) is 3.98. The van der Waals surface area contributed by atoms with Crippen LogP contribution in [0.1, 0.15) is 25.0 Å². The number of esters is 1. The number of rotatable bonds is 4. The third-order valence-electron chi connectivity index (χ3n) is 5.72. The number of benzene rings is 2. The van der Waals surface area contributed by atoms with Crippen molar-refractivity contribution >= 4 is 22.6 Å². The summed E-state index contributed by atoms with van der Waals surface area (Å²) in [5.41, 5.74) is 7.78. The number of hydrogen-bond acceptors (Lipinski definition) is 4. The summed E-state index contributed by atoms with van der Waals surface area (Å²) in [6.07, 6.45) is -2.63. The normalized spacial score (nSPS) is 15.3. The van der Waals surface area contributed by atoms with E-state index in [1.807, 2.05) is 28.8 Å². The van der Waals surface area contributed by atoms with Gasteiger partial charge >= 0.3 is 12.1 Å². The summed E-state index contributed by atoms with van der Waals surface area (Å²) in [4.78, 5) is 13.7. The minimum Gasteiger partial charge on any atom is -0.469 e. The minimum atomic E-state index is -4.43. The Kier molecular flexibility index (Phi) is 5.00. The molecule has 8 heteroatoms. The first-order valence-corrected chi connectivity index (χ1v) is 9.94. The van der Waals surface area contributed by atoms with Gasteiger partial charge in [0, 0.05) is 41.6 Å². The van der Waals surface area contributed by atoms with Crippen LogP contribution in [0.15, 0.2) is 48.7 Å². The van der Waals surface area contributed by atoms with Crippen LogP contribution in [0.4, 0.5) is 18.9 Å². The highest BCUT2D eigenvalue weighted by Gasteiger charge is 2.34. The van der Waals surface area contributed by atoms with Crippen LogP contribution in [0.5, 0.6) is 0 Å². The summed E-state index contributed by atoms with van der Waals surface area (Å²) in [7, 11) is 1.38. The molecule has 0 radical (unpaired) electrons. The van der Waals surface area contributed by atoms with Crippen LogP contribution in [0.25, 0.3) is 16.6 Å². The summed E-state index contributed by atoms with van der Waals surface area (Å²) in [5.74, 6) is -0.370. The molecular formula is C23H24F3N3O2. The average molecular weight is 431 g/mol. The molecule has 4 rings (SSSR count). The Morgan fingerprint density at radius 3 is 2.39 bits per heavy atom. The lowest BCUT2D eigenvalue weighted by Gasteiger charge is -2.39. The highest BCUT2D eigenvalue weighted by atomic mass is 19.4. The van der Waals surface area contributed by atoms with Gasteiger partial charge in [0.2, 0.25) is 0 Å². The molecule has 1 aromatic heterocycles. The Balaban J connectivity index is 1.76. The molecule has 2 N–H and O–H groups in total. The number of methoxy groups -OCH3 is 1. The molecule has 164 valence electrons. The summed E-state index contributed by atoms with van der Waals surface area (Å²) >= 11 is 0. The van der Waals surface area contributed by atoms with Crippen LogP contribution >= 0.6 is 0 Å². The second kappa shape index (κ2) is 7.30. The zero-order valence-electron chi connectivity index (χ0n) is 17.5. The summed E-state index contributed by atoms with van der Waals surface area (Å²) < 4.78 is 46.5. The summed E-state index contributed by atoms with van der Waals surface area (Å²) in [6, 6.07) is 11.4. The van der Waals surface area contributed by atoms with E-state index in [-0.39, 0.29) is 11.9 Å². The van der Waals surface area contributed by atoms with Gasteiger partial charge in [-0.2, -0.15) is 13.2 Å². The maximum absolute atomic E-state index is 13.3. The number of fused-ring (bicyclic) bond motifs is 1. The molecule has 0 spiro atoms. The lowest BCUT2D eigenvalue weighted by atomic mass is 9.94. The number of nitrogens with zero attached hydrogens (tertiary/aromatic N) is 2. The third-order valence-corrected chi connectivity index (χ3v) is 5.72. The van der Waals surface area contributed by atoms with Gasteiger partial charge in [-0.25, -0.2) is 0 Å². The second-order valence-electron chi connectivity index (χ2n) is 8.51. The van der Waals surface area contributed by atoms with E-state index in [0.717, 1.165) is 23.5 Å². The molecule has 0 amide bonds. The van der Waals surface area contributed by atoms with Crippen LogP contribution in [0, 0.1) is 5.92 Å². The molecule has 2 heterocycles. The van der Waals surface area contributed by atoms with Crippen molar-refractivity contribution in [2.24, 2.45) is 11.7 Å². The molecule has 1 aliphatic rings. The highest BCUT2D eigenvalue weighted by Crippen LogP contribution is 2.37. The average Bonchev–Trinajstić information content (AvgIpc) is 3.05. The second-order valence-corrected chi connectivity index (χ2v) is 8.51. The largest absolute Gasteiger partial charge is 0.469 e. The first kappa shape index (κ1) is 21.2. The van der Waals surface area contributed by atoms with Gasteiger partial charge in [-0.3, -0.25) is 4.79 Å². The van der Waals surface area contributed by atoms with E-state index in [4.69, 9.17) is 10.5 Å². The number of alkyl halides is 3. The van der Waals surface area contributed by atoms with Crippen molar-refractivity contribution in [2.75, 3.05) is 25.1 Å². The number of hydrogen-bond donors (Lipinski definition) is 1. The lowest BCUT2D eigenvalue weighted by Crippen LogP contribution is -2.50. The molecule has 0 unspecified atom stereocenters. The molecule has 2 aromatic carbocycles. The van der Waals surface area contributed by atoms with Gasteiger partial charge < -0.3 is 19.9 Å². The van der Waals surface area contributed by atoms with E-state index in [0.29, 0.717) is 29.6 Å². The fourth-order valence-corrected chi connectivity index (χ4v) is 3.98. The van der Waals surface area contributed by atoms with Gasteiger partial charge in [-0.15, -0.1) is 0 Å². The van der Waals surface area contributed by atoms with Crippen molar-refractivity contribution in [3.8, 4) is 5.69 Å². The van der Waals surface area contributed by atoms with Gasteiger partial charge in [0.1, 0.15) is 0 Å². The standard InChI is InChI=1S/C23H24F3N3O2/c1-22(2,27)19-13-29(20-8-7-15(9-18(19)20)23(24,25)26)17-6-4-5-16(10-17)28-11-14(12-28)21(30)31-3/h4-10,13-14H,11-12,27H2,1-3H3. The van der Waals surface area contributed by atoms with E-state index in [9.17, 15) is 18.0 Å². The SMILES string of the molecule is COC(=O)C1CN(c2cccc(-n3cc(C(C)(C)N)c4cc(C(F)(F)F)ccc43)c2)C1. The van der Waals surface area contributed by atoms with Crippen molar-refractivity contribution < 1.29 is 22.7 Å². The van der Waals surface area contributed by atoms with Crippen molar-refractivity contribution in [3.05, 3.63) is 59.8 Å². The Bertz CT molecular complexity index is 1140. The van der Waals surface area contributed by atoms with Crippen molar-refractivity contribution in [1.82, 2.24) is 4.57 Å². The molecule has 3 aromatic rings. The van der Waals surface area contributed by atoms with Crippen molar-refractivity contribution in [2.45, 2.75) is 25.6 Å². The molecule has 5 nitrogen and oxygen atoms in total.